The van der Waals surface area contributed by atoms with E-state index in [1.165, 1.54) is 12.1 Å². The predicted molar refractivity (Wildman–Crippen MR) is 88.3 cm³/mol. The lowest BCUT2D eigenvalue weighted by Crippen LogP contribution is -2.42. The minimum absolute atomic E-state index is 0.0954. The van der Waals surface area contributed by atoms with Crippen LogP contribution in [-0.2, 0) is 10.3 Å². The number of nitrogens with zero attached hydrogens (tertiary/aromatic N) is 1. The maximum absolute atomic E-state index is 13.5. The largest absolute Gasteiger partial charge is 0.345 e. The van der Waals surface area contributed by atoms with Gasteiger partial charge in [-0.25, -0.2) is 4.39 Å². The second-order valence-electron chi connectivity index (χ2n) is 6.36. The number of amides is 1. The summed E-state index contributed by atoms with van der Waals surface area (Å²) < 4.78 is 13.5. The summed E-state index contributed by atoms with van der Waals surface area (Å²) in [6.07, 6.45) is 1.87. The number of likely N-dealkylation sites (N-methyl/N-ethyl adjacent to an activating group) is 1. The summed E-state index contributed by atoms with van der Waals surface area (Å²) in [4.78, 5) is 14.7. The van der Waals surface area contributed by atoms with Gasteiger partial charge >= 0.3 is 0 Å². The molecule has 1 N–H and O–H groups in total. The van der Waals surface area contributed by atoms with Crippen molar-refractivity contribution in [2.24, 2.45) is 0 Å². The highest BCUT2D eigenvalue weighted by Crippen LogP contribution is 2.45. The Kier molecular flexibility index (Phi) is 4.18. The molecule has 1 fully saturated rings. The Morgan fingerprint density at radius 1 is 1.13 bits per heavy atom. The van der Waals surface area contributed by atoms with Gasteiger partial charge in [0.1, 0.15) is 11.9 Å². The van der Waals surface area contributed by atoms with Crippen LogP contribution in [0, 0.1) is 5.82 Å². The normalized spacial score (nSPS) is 16.9. The number of nitrogens with one attached hydrogen (secondary N) is 1. The van der Waals surface area contributed by atoms with Crippen LogP contribution in [0.1, 0.15) is 30.0 Å². The lowest BCUT2D eigenvalue weighted by molar-refractivity contribution is -0.126. The molecule has 0 heterocycles. The van der Waals surface area contributed by atoms with E-state index in [2.05, 4.69) is 5.32 Å². The van der Waals surface area contributed by atoms with Crippen LogP contribution < -0.4 is 5.32 Å². The van der Waals surface area contributed by atoms with Crippen LogP contribution in [0.5, 0.6) is 0 Å². The average molecular weight is 312 g/mol. The van der Waals surface area contributed by atoms with Gasteiger partial charge in [-0.15, -0.1) is 0 Å². The molecule has 0 radical (unpaired) electrons. The highest BCUT2D eigenvalue weighted by Gasteiger charge is 2.46. The first-order chi connectivity index (χ1) is 11.0. The third kappa shape index (κ3) is 3.27. The lowest BCUT2D eigenvalue weighted by Gasteiger charge is -2.27. The van der Waals surface area contributed by atoms with Crippen molar-refractivity contribution in [1.29, 1.82) is 0 Å². The number of halogens is 1. The van der Waals surface area contributed by atoms with Crippen LogP contribution >= 0.6 is 0 Å². The van der Waals surface area contributed by atoms with Crippen LogP contribution in [0.4, 0.5) is 4.39 Å². The van der Waals surface area contributed by atoms with Crippen molar-refractivity contribution < 1.29 is 9.18 Å². The van der Waals surface area contributed by atoms with Gasteiger partial charge in [-0.1, -0.05) is 42.5 Å². The fourth-order valence-electron chi connectivity index (χ4n) is 3.03. The Morgan fingerprint density at radius 2 is 1.83 bits per heavy atom. The molecule has 4 heteroatoms. The van der Waals surface area contributed by atoms with E-state index in [0.717, 1.165) is 18.4 Å². The molecule has 2 aromatic carbocycles. The monoisotopic (exact) mass is 312 g/mol. The van der Waals surface area contributed by atoms with E-state index in [1.54, 1.807) is 12.1 Å². The number of hydrogen-bond donors (Lipinski definition) is 1. The highest BCUT2D eigenvalue weighted by molar-refractivity contribution is 5.84. The molecule has 2 aromatic rings. The van der Waals surface area contributed by atoms with Crippen molar-refractivity contribution >= 4 is 5.91 Å². The molecule has 0 spiro atoms. The SMILES string of the molecule is CN(C)[C@H](C(=O)NC1(c2ccccc2)CC1)c1cccc(F)c1. The molecule has 120 valence electrons. The molecule has 0 unspecified atom stereocenters. The van der Waals surface area contributed by atoms with Gasteiger partial charge in [0.15, 0.2) is 0 Å². The molecule has 3 nitrogen and oxygen atoms in total. The Labute approximate surface area is 136 Å². The standard InChI is InChI=1S/C19H21FN2O/c1-22(2)17(14-7-6-10-16(20)13-14)18(23)21-19(11-12-19)15-8-4-3-5-9-15/h3-10,13,17H,11-12H2,1-2H3,(H,21,23)/t17-/m0/s1. The second-order valence-corrected chi connectivity index (χ2v) is 6.36. The van der Waals surface area contributed by atoms with Crippen LogP contribution in [0.2, 0.25) is 0 Å². The Balaban J connectivity index is 1.83. The van der Waals surface area contributed by atoms with E-state index < -0.39 is 6.04 Å². The predicted octanol–water partition coefficient (Wildman–Crippen LogP) is 3.23. The summed E-state index contributed by atoms with van der Waals surface area (Å²) in [5, 5.41) is 3.18. The number of rotatable bonds is 5. The van der Waals surface area contributed by atoms with Crippen LogP contribution in [-0.4, -0.2) is 24.9 Å². The number of benzene rings is 2. The zero-order valence-electron chi connectivity index (χ0n) is 13.4. The van der Waals surface area contributed by atoms with Gasteiger partial charge < -0.3 is 5.32 Å². The minimum atomic E-state index is -0.508. The van der Waals surface area contributed by atoms with Crippen LogP contribution in [0.3, 0.4) is 0 Å². The molecule has 1 aliphatic rings. The van der Waals surface area contributed by atoms with Crippen molar-refractivity contribution in [3.63, 3.8) is 0 Å². The Morgan fingerprint density at radius 3 is 2.39 bits per heavy atom. The van der Waals surface area contributed by atoms with Crippen molar-refractivity contribution in [1.82, 2.24) is 10.2 Å². The molecule has 0 bridgehead atoms. The third-order valence-electron chi connectivity index (χ3n) is 4.37. The Bertz CT molecular complexity index is 696. The van der Waals surface area contributed by atoms with Gasteiger partial charge in [-0.3, -0.25) is 9.69 Å². The summed E-state index contributed by atoms with van der Waals surface area (Å²) in [5.74, 6) is -0.423. The second kappa shape index (κ2) is 6.13. The van der Waals surface area contributed by atoms with E-state index in [-0.39, 0.29) is 17.3 Å². The smallest absolute Gasteiger partial charge is 0.242 e. The van der Waals surface area contributed by atoms with Gasteiger partial charge in [0.05, 0.1) is 5.54 Å². The Hall–Kier alpha value is -2.20. The van der Waals surface area contributed by atoms with Crippen molar-refractivity contribution in [2.45, 2.75) is 24.4 Å². The van der Waals surface area contributed by atoms with E-state index >= 15 is 0 Å². The minimum Gasteiger partial charge on any atom is -0.345 e. The molecule has 0 aliphatic heterocycles. The summed E-state index contributed by atoms with van der Waals surface area (Å²) in [5.41, 5.74) is 1.53. The van der Waals surface area contributed by atoms with E-state index in [9.17, 15) is 9.18 Å². The summed E-state index contributed by atoms with van der Waals surface area (Å²) in [7, 11) is 3.66. The molecule has 1 atom stereocenters. The molecule has 23 heavy (non-hydrogen) atoms. The van der Waals surface area contributed by atoms with Crippen molar-refractivity contribution in [2.75, 3.05) is 14.1 Å². The molecule has 1 saturated carbocycles. The van der Waals surface area contributed by atoms with Gasteiger partial charge in [0.2, 0.25) is 5.91 Å². The summed E-state index contributed by atoms with van der Waals surface area (Å²) in [6, 6.07) is 15.7. The van der Waals surface area contributed by atoms with Gasteiger partial charge in [-0.05, 0) is 50.2 Å². The van der Waals surface area contributed by atoms with Gasteiger partial charge in [0.25, 0.3) is 0 Å². The van der Waals surface area contributed by atoms with Gasteiger partial charge in [-0.2, -0.15) is 0 Å². The molecule has 3 rings (SSSR count). The van der Waals surface area contributed by atoms with E-state index in [0.29, 0.717) is 5.56 Å². The highest BCUT2D eigenvalue weighted by atomic mass is 19.1. The van der Waals surface area contributed by atoms with Gasteiger partial charge in [0, 0.05) is 0 Å². The molecule has 0 aromatic heterocycles. The third-order valence-corrected chi connectivity index (χ3v) is 4.37. The first-order valence-corrected chi connectivity index (χ1v) is 7.81. The fourth-order valence-corrected chi connectivity index (χ4v) is 3.03. The topological polar surface area (TPSA) is 32.3 Å². The summed E-state index contributed by atoms with van der Waals surface area (Å²) in [6.45, 7) is 0. The first kappa shape index (κ1) is 15.7. The van der Waals surface area contributed by atoms with Crippen LogP contribution in [0.15, 0.2) is 54.6 Å². The fraction of sp³-hybridized carbons (Fsp3) is 0.316. The molecule has 1 aliphatic carbocycles. The zero-order chi connectivity index (χ0) is 16.4. The zero-order valence-corrected chi connectivity index (χ0v) is 13.4. The first-order valence-electron chi connectivity index (χ1n) is 7.81. The van der Waals surface area contributed by atoms with Crippen molar-refractivity contribution in [3.8, 4) is 0 Å². The number of hydrogen-bond acceptors (Lipinski definition) is 2. The molecular weight excluding hydrogens is 291 g/mol. The van der Waals surface area contributed by atoms with E-state index in [1.807, 2.05) is 49.3 Å². The lowest BCUT2D eigenvalue weighted by atomic mass is 10.0. The number of carbonyl (C=O) groups excluding carboxylic acids is 1. The maximum Gasteiger partial charge on any atom is 0.242 e. The summed E-state index contributed by atoms with van der Waals surface area (Å²) >= 11 is 0. The molecule has 1 amide bonds. The quantitative estimate of drug-likeness (QED) is 0.919. The van der Waals surface area contributed by atoms with Crippen LogP contribution in [0.25, 0.3) is 0 Å². The average Bonchev–Trinajstić information content (AvgIpc) is 3.29. The maximum atomic E-state index is 13.5. The number of carbonyl (C=O) groups is 1. The molecule has 0 saturated heterocycles. The molecular formula is C19H21FN2O. The van der Waals surface area contributed by atoms with Crippen molar-refractivity contribution in [3.05, 3.63) is 71.5 Å². The van der Waals surface area contributed by atoms with E-state index in [4.69, 9.17) is 0 Å².